The topological polar surface area (TPSA) is 77.8 Å². The summed E-state index contributed by atoms with van der Waals surface area (Å²) >= 11 is 3.07. The van der Waals surface area contributed by atoms with E-state index < -0.39 is 0 Å². The molecule has 2 N–H and O–H groups in total. The van der Waals surface area contributed by atoms with E-state index in [1.807, 2.05) is 11.6 Å². The Bertz CT molecular complexity index is 439. The zero-order valence-electron chi connectivity index (χ0n) is 8.14. The highest BCUT2D eigenvalue weighted by atomic mass is 32.2. The summed E-state index contributed by atoms with van der Waals surface area (Å²) in [5.74, 6) is 2.08. The number of thiazole rings is 1. The Hall–Kier alpha value is -1.08. The van der Waals surface area contributed by atoms with Crippen LogP contribution in [0.25, 0.3) is 0 Å². The maximum absolute atomic E-state index is 5.52. The van der Waals surface area contributed by atoms with Gasteiger partial charge in [0.2, 0.25) is 5.89 Å². The normalized spacial score (nSPS) is 10.7. The predicted molar refractivity (Wildman–Crippen MR) is 60.8 cm³/mol. The smallest absolute Gasteiger partial charge is 0.232 e. The lowest BCUT2D eigenvalue weighted by atomic mass is 10.3. The van der Waals surface area contributed by atoms with Gasteiger partial charge in [-0.2, -0.15) is 16.7 Å². The fourth-order valence-corrected chi connectivity index (χ4v) is 2.05. The summed E-state index contributed by atoms with van der Waals surface area (Å²) in [7, 11) is 0. The van der Waals surface area contributed by atoms with Crippen molar-refractivity contribution in [3.05, 3.63) is 22.8 Å². The fraction of sp³-hybridized carbons (Fsp3) is 0.375. The summed E-state index contributed by atoms with van der Waals surface area (Å²) in [4.78, 5) is 8.35. The molecule has 5 nitrogen and oxygen atoms in total. The molecular weight excluding hydrogens is 232 g/mol. The van der Waals surface area contributed by atoms with E-state index in [0.717, 1.165) is 17.3 Å². The highest BCUT2D eigenvalue weighted by Crippen LogP contribution is 2.14. The van der Waals surface area contributed by atoms with Gasteiger partial charge in [0.15, 0.2) is 11.0 Å². The molecule has 0 saturated heterocycles. The second-order valence-corrected chi connectivity index (χ2v) is 4.65. The van der Waals surface area contributed by atoms with Crippen LogP contribution in [-0.4, -0.2) is 21.4 Å². The van der Waals surface area contributed by atoms with Gasteiger partial charge in [-0.3, -0.25) is 0 Å². The maximum Gasteiger partial charge on any atom is 0.232 e. The third-order valence-corrected chi connectivity index (χ3v) is 2.96. The molecule has 0 bridgehead atoms. The molecule has 2 aromatic heterocycles. The van der Waals surface area contributed by atoms with Crippen LogP contribution >= 0.6 is 23.1 Å². The van der Waals surface area contributed by atoms with Crippen LogP contribution in [0, 0.1) is 0 Å². The SMILES string of the molecule is CSCc1noc(Cc2csc(N)n2)n1. The summed E-state index contributed by atoms with van der Waals surface area (Å²) < 4.78 is 5.08. The molecule has 2 heterocycles. The molecule has 80 valence electrons. The van der Waals surface area contributed by atoms with Crippen molar-refractivity contribution >= 4 is 28.2 Å². The van der Waals surface area contributed by atoms with Crippen molar-refractivity contribution in [3.63, 3.8) is 0 Å². The minimum absolute atomic E-state index is 0.551. The molecule has 0 atom stereocenters. The van der Waals surface area contributed by atoms with Gasteiger partial charge in [0, 0.05) is 5.38 Å². The molecule has 0 aromatic carbocycles. The minimum Gasteiger partial charge on any atom is -0.375 e. The standard InChI is InChI=1S/C8H10N4OS2/c1-14-4-6-11-7(13-12-6)2-5-3-15-8(9)10-5/h3H,2,4H2,1H3,(H2,9,10). The van der Waals surface area contributed by atoms with E-state index in [-0.39, 0.29) is 0 Å². The largest absolute Gasteiger partial charge is 0.375 e. The molecule has 0 aliphatic rings. The van der Waals surface area contributed by atoms with Gasteiger partial charge >= 0.3 is 0 Å². The van der Waals surface area contributed by atoms with Gasteiger partial charge in [-0.15, -0.1) is 11.3 Å². The summed E-state index contributed by atoms with van der Waals surface area (Å²) in [5.41, 5.74) is 6.39. The molecular formula is C8H10N4OS2. The molecule has 0 radical (unpaired) electrons. The molecule has 0 fully saturated rings. The predicted octanol–water partition coefficient (Wildman–Crippen LogP) is 1.56. The summed E-state index contributed by atoms with van der Waals surface area (Å²) in [6, 6.07) is 0. The van der Waals surface area contributed by atoms with Crippen molar-refractivity contribution in [2.45, 2.75) is 12.2 Å². The van der Waals surface area contributed by atoms with Gasteiger partial charge in [0.05, 0.1) is 17.9 Å². The van der Waals surface area contributed by atoms with Gasteiger partial charge in [-0.05, 0) is 6.26 Å². The van der Waals surface area contributed by atoms with Crippen LogP contribution in [0.3, 0.4) is 0 Å². The lowest BCUT2D eigenvalue weighted by Crippen LogP contribution is -1.90. The third kappa shape index (κ3) is 2.69. The van der Waals surface area contributed by atoms with E-state index in [1.165, 1.54) is 11.3 Å². The minimum atomic E-state index is 0.551. The van der Waals surface area contributed by atoms with Gasteiger partial charge in [-0.1, -0.05) is 5.16 Å². The maximum atomic E-state index is 5.52. The van der Waals surface area contributed by atoms with Gasteiger partial charge in [0.25, 0.3) is 0 Å². The van der Waals surface area contributed by atoms with Gasteiger partial charge in [-0.25, -0.2) is 4.98 Å². The Balaban J connectivity index is 2.04. The number of hydrogen-bond acceptors (Lipinski definition) is 7. The molecule has 2 aromatic rings. The van der Waals surface area contributed by atoms with Crippen LogP contribution in [0.4, 0.5) is 5.13 Å². The number of anilines is 1. The Morgan fingerprint density at radius 1 is 1.53 bits per heavy atom. The van der Waals surface area contributed by atoms with Crippen molar-refractivity contribution in [2.24, 2.45) is 0 Å². The Morgan fingerprint density at radius 2 is 2.40 bits per heavy atom. The first-order chi connectivity index (χ1) is 7.28. The van der Waals surface area contributed by atoms with Crippen LogP contribution < -0.4 is 5.73 Å². The Kier molecular flexibility index (Phi) is 3.22. The lowest BCUT2D eigenvalue weighted by Gasteiger charge is -1.87. The number of rotatable bonds is 4. The number of nitrogens with zero attached hydrogens (tertiary/aromatic N) is 3. The van der Waals surface area contributed by atoms with Crippen LogP contribution in [0.2, 0.25) is 0 Å². The molecule has 0 saturated carbocycles. The van der Waals surface area contributed by atoms with E-state index in [2.05, 4.69) is 15.1 Å². The van der Waals surface area contributed by atoms with Crippen LogP contribution in [0.15, 0.2) is 9.90 Å². The van der Waals surface area contributed by atoms with Crippen molar-refractivity contribution in [2.75, 3.05) is 12.0 Å². The van der Waals surface area contributed by atoms with Crippen LogP contribution in [0.1, 0.15) is 17.4 Å². The zero-order valence-corrected chi connectivity index (χ0v) is 9.77. The van der Waals surface area contributed by atoms with Crippen molar-refractivity contribution < 1.29 is 4.52 Å². The molecule has 2 rings (SSSR count). The summed E-state index contributed by atoms with van der Waals surface area (Å²) in [6.45, 7) is 0. The van der Waals surface area contributed by atoms with Gasteiger partial charge < -0.3 is 10.3 Å². The summed E-state index contributed by atoms with van der Waals surface area (Å²) in [6.07, 6.45) is 2.55. The zero-order chi connectivity index (χ0) is 10.7. The molecule has 0 aliphatic heterocycles. The average Bonchev–Trinajstić information content (AvgIpc) is 2.78. The lowest BCUT2D eigenvalue weighted by molar-refractivity contribution is 0.380. The van der Waals surface area contributed by atoms with E-state index >= 15 is 0 Å². The van der Waals surface area contributed by atoms with Crippen molar-refractivity contribution in [1.82, 2.24) is 15.1 Å². The number of thioether (sulfide) groups is 1. The number of hydrogen-bond donors (Lipinski definition) is 1. The second kappa shape index (κ2) is 4.63. The van der Waals surface area contributed by atoms with Crippen molar-refractivity contribution in [1.29, 1.82) is 0 Å². The molecule has 15 heavy (non-hydrogen) atoms. The van der Waals surface area contributed by atoms with Crippen molar-refractivity contribution in [3.8, 4) is 0 Å². The number of nitrogen functional groups attached to an aromatic ring is 1. The van der Waals surface area contributed by atoms with E-state index in [0.29, 0.717) is 17.4 Å². The first-order valence-corrected chi connectivity index (χ1v) is 6.55. The number of aromatic nitrogens is 3. The third-order valence-electron chi connectivity index (χ3n) is 1.69. The number of nitrogens with two attached hydrogens (primary N) is 1. The van der Waals surface area contributed by atoms with E-state index in [4.69, 9.17) is 10.3 Å². The second-order valence-electron chi connectivity index (χ2n) is 2.89. The van der Waals surface area contributed by atoms with E-state index in [1.54, 1.807) is 11.8 Å². The average molecular weight is 242 g/mol. The Labute approximate surface area is 95.1 Å². The molecule has 0 spiro atoms. The first-order valence-electron chi connectivity index (χ1n) is 4.28. The first kappa shape index (κ1) is 10.4. The molecule has 0 aliphatic carbocycles. The fourth-order valence-electron chi connectivity index (χ4n) is 1.11. The van der Waals surface area contributed by atoms with Gasteiger partial charge in [0.1, 0.15) is 0 Å². The molecule has 0 amide bonds. The quantitative estimate of drug-likeness (QED) is 0.876. The monoisotopic (exact) mass is 242 g/mol. The molecule has 0 unspecified atom stereocenters. The summed E-state index contributed by atoms with van der Waals surface area (Å²) in [5, 5.41) is 6.31. The highest BCUT2D eigenvalue weighted by molar-refractivity contribution is 7.97. The van der Waals surface area contributed by atoms with Crippen LogP contribution in [-0.2, 0) is 12.2 Å². The molecule has 7 heteroatoms. The van der Waals surface area contributed by atoms with Crippen LogP contribution in [0.5, 0.6) is 0 Å². The Morgan fingerprint density at radius 3 is 3.07 bits per heavy atom. The van der Waals surface area contributed by atoms with E-state index in [9.17, 15) is 0 Å². The highest BCUT2D eigenvalue weighted by Gasteiger charge is 2.08.